The molecule has 0 aliphatic rings. The van der Waals surface area contributed by atoms with Gasteiger partial charge in [-0.2, -0.15) is 0 Å². The molecule has 0 bridgehead atoms. The molecule has 120 valence electrons. The van der Waals surface area contributed by atoms with Crippen molar-refractivity contribution in [1.29, 1.82) is 0 Å². The molecule has 2 heteroatoms. The topological polar surface area (TPSA) is 26.0 Å². The minimum atomic E-state index is 0.130. The minimum Gasteiger partial charge on any atom is -0.441 e. The number of hydrogen-bond acceptors (Lipinski definition) is 2. The van der Waals surface area contributed by atoms with Crippen LogP contribution in [0.4, 0.5) is 0 Å². The zero-order valence-electron chi connectivity index (χ0n) is 15.1. The second kappa shape index (κ2) is 5.91. The molecule has 0 radical (unpaired) electrons. The van der Waals surface area contributed by atoms with Crippen molar-refractivity contribution in [1.82, 2.24) is 4.98 Å². The van der Waals surface area contributed by atoms with E-state index in [1.165, 1.54) is 24.0 Å². The molecule has 2 aromatic rings. The monoisotopic (exact) mass is 299 g/mol. The smallest absolute Gasteiger partial charge is 0.226 e. The van der Waals surface area contributed by atoms with Crippen LogP contribution in [0.1, 0.15) is 71.3 Å². The molecule has 22 heavy (non-hydrogen) atoms. The summed E-state index contributed by atoms with van der Waals surface area (Å²) in [4.78, 5) is 4.38. The number of nitrogens with zero attached hydrogens (tertiary/aromatic N) is 1. The Hall–Kier alpha value is -1.57. The van der Waals surface area contributed by atoms with Gasteiger partial charge in [0.05, 0.1) is 6.20 Å². The fourth-order valence-electron chi connectivity index (χ4n) is 3.14. The van der Waals surface area contributed by atoms with Crippen molar-refractivity contribution >= 4 is 0 Å². The van der Waals surface area contributed by atoms with Gasteiger partial charge in [0.25, 0.3) is 0 Å². The van der Waals surface area contributed by atoms with Crippen LogP contribution in [0.3, 0.4) is 0 Å². The average Bonchev–Trinajstić information content (AvgIpc) is 2.84. The molecule has 0 N–H and O–H groups in total. The highest BCUT2D eigenvalue weighted by Crippen LogP contribution is 2.38. The van der Waals surface area contributed by atoms with E-state index in [1.807, 2.05) is 6.92 Å². The number of rotatable bonds is 4. The lowest BCUT2D eigenvalue weighted by Gasteiger charge is -2.33. The van der Waals surface area contributed by atoms with Gasteiger partial charge in [0.2, 0.25) is 5.89 Å². The van der Waals surface area contributed by atoms with E-state index < -0.39 is 0 Å². The minimum absolute atomic E-state index is 0.130. The van der Waals surface area contributed by atoms with Gasteiger partial charge in [-0.05, 0) is 47.4 Å². The van der Waals surface area contributed by atoms with Crippen LogP contribution in [0, 0.1) is 6.92 Å². The molecule has 0 aliphatic carbocycles. The molecule has 0 unspecified atom stereocenters. The zero-order chi connectivity index (χ0) is 16.5. The lowest BCUT2D eigenvalue weighted by atomic mass is 9.72. The lowest BCUT2D eigenvalue weighted by Crippen LogP contribution is -2.24. The van der Waals surface area contributed by atoms with Crippen molar-refractivity contribution in [3.05, 3.63) is 41.3 Å². The summed E-state index contributed by atoms with van der Waals surface area (Å²) in [6, 6.07) is 6.67. The number of aromatic nitrogens is 1. The summed E-state index contributed by atoms with van der Waals surface area (Å²) in [6.07, 6.45) is 4.13. The van der Waals surface area contributed by atoms with E-state index in [0.29, 0.717) is 5.89 Å². The van der Waals surface area contributed by atoms with Gasteiger partial charge < -0.3 is 4.42 Å². The second-order valence-electron chi connectivity index (χ2n) is 7.92. The molecule has 1 heterocycles. The summed E-state index contributed by atoms with van der Waals surface area (Å²) in [5, 5.41) is 0. The molecular weight excluding hydrogens is 270 g/mol. The summed E-state index contributed by atoms with van der Waals surface area (Å²) in [5.74, 6) is 1.57. The predicted octanol–water partition coefficient (Wildman–Crippen LogP) is 6.03. The van der Waals surface area contributed by atoms with Crippen molar-refractivity contribution in [2.45, 2.75) is 72.1 Å². The summed E-state index contributed by atoms with van der Waals surface area (Å²) >= 11 is 0. The Kier molecular flexibility index (Phi) is 4.51. The van der Waals surface area contributed by atoms with E-state index in [9.17, 15) is 0 Å². The summed E-state index contributed by atoms with van der Waals surface area (Å²) < 4.78 is 5.71. The maximum atomic E-state index is 5.71. The Morgan fingerprint density at radius 2 is 1.73 bits per heavy atom. The maximum Gasteiger partial charge on any atom is 0.226 e. The largest absolute Gasteiger partial charge is 0.441 e. The Balaban J connectivity index is 2.60. The van der Waals surface area contributed by atoms with Gasteiger partial charge in [-0.25, -0.2) is 4.98 Å². The average molecular weight is 299 g/mol. The molecule has 0 fully saturated rings. The van der Waals surface area contributed by atoms with E-state index in [-0.39, 0.29) is 10.8 Å². The molecule has 0 atom stereocenters. The van der Waals surface area contributed by atoms with E-state index in [2.05, 4.69) is 64.7 Å². The van der Waals surface area contributed by atoms with Crippen LogP contribution in [-0.4, -0.2) is 4.98 Å². The van der Waals surface area contributed by atoms with Gasteiger partial charge >= 0.3 is 0 Å². The van der Waals surface area contributed by atoms with E-state index in [0.717, 1.165) is 11.3 Å². The molecule has 2 nitrogen and oxygen atoms in total. The van der Waals surface area contributed by atoms with Gasteiger partial charge in [-0.15, -0.1) is 0 Å². The Morgan fingerprint density at radius 1 is 1.05 bits per heavy atom. The summed E-state index contributed by atoms with van der Waals surface area (Å²) in [7, 11) is 0. The quantitative estimate of drug-likeness (QED) is 0.689. The van der Waals surface area contributed by atoms with Gasteiger partial charge in [-0.3, -0.25) is 0 Å². The van der Waals surface area contributed by atoms with E-state index >= 15 is 0 Å². The van der Waals surface area contributed by atoms with Gasteiger partial charge in [-0.1, -0.05) is 54.0 Å². The molecule has 0 saturated heterocycles. The fraction of sp³-hybridized carbons (Fsp3) is 0.550. The first-order chi connectivity index (χ1) is 10.1. The van der Waals surface area contributed by atoms with Crippen LogP contribution in [0.25, 0.3) is 11.5 Å². The van der Waals surface area contributed by atoms with Crippen LogP contribution in [0.2, 0.25) is 0 Å². The third-order valence-corrected chi connectivity index (χ3v) is 4.30. The number of benzene rings is 1. The van der Waals surface area contributed by atoms with E-state index in [1.54, 1.807) is 6.20 Å². The normalized spacial score (nSPS) is 12.7. The first-order valence-electron chi connectivity index (χ1n) is 8.23. The van der Waals surface area contributed by atoms with Gasteiger partial charge in [0, 0.05) is 5.56 Å². The SMILES string of the molecule is CCCC(C)(C)c1cc(-c2ncc(C)o2)ccc1C(C)(C)C. The second-order valence-corrected chi connectivity index (χ2v) is 7.92. The van der Waals surface area contributed by atoms with Crippen LogP contribution in [-0.2, 0) is 10.8 Å². The zero-order valence-corrected chi connectivity index (χ0v) is 15.1. The highest BCUT2D eigenvalue weighted by molar-refractivity contribution is 5.58. The highest BCUT2D eigenvalue weighted by Gasteiger charge is 2.28. The standard InChI is InChI=1S/C20H29NO/c1-8-11-20(6,7)17-12-15(18-21-13-14(2)22-18)9-10-16(17)19(3,4)5/h9-10,12-13H,8,11H2,1-7H3. The molecule has 1 aromatic carbocycles. The molecule has 0 amide bonds. The van der Waals surface area contributed by atoms with Crippen LogP contribution in [0.15, 0.2) is 28.8 Å². The van der Waals surface area contributed by atoms with Gasteiger partial charge in [0.1, 0.15) is 5.76 Å². The Morgan fingerprint density at radius 3 is 2.23 bits per heavy atom. The molecule has 1 aromatic heterocycles. The highest BCUT2D eigenvalue weighted by atomic mass is 16.4. The Bertz CT molecular complexity index is 644. The van der Waals surface area contributed by atoms with Crippen molar-refractivity contribution in [3.63, 3.8) is 0 Å². The van der Waals surface area contributed by atoms with Crippen molar-refractivity contribution in [2.24, 2.45) is 0 Å². The van der Waals surface area contributed by atoms with Crippen LogP contribution < -0.4 is 0 Å². The van der Waals surface area contributed by atoms with Crippen molar-refractivity contribution in [2.75, 3.05) is 0 Å². The Labute approximate surface area is 135 Å². The third-order valence-electron chi connectivity index (χ3n) is 4.30. The molecule has 0 spiro atoms. The van der Waals surface area contributed by atoms with E-state index in [4.69, 9.17) is 4.42 Å². The van der Waals surface area contributed by atoms with Crippen LogP contribution in [0.5, 0.6) is 0 Å². The first-order valence-corrected chi connectivity index (χ1v) is 8.23. The first kappa shape index (κ1) is 16.8. The molecule has 0 saturated carbocycles. The maximum absolute atomic E-state index is 5.71. The predicted molar refractivity (Wildman–Crippen MR) is 93.3 cm³/mol. The van der Waals surface area contributed by atoms with Crippen molar-refractivity contribution in [3.8, 4) is 11.5 Å². The molecular formula is C20H29NO. The fourth-order valence-corrected chi connectivity index (χ4v) is 3.14. The summed E-state index contributed by atoms with van der Waals surface area (Å²) in [6.45, 7) is 15.7. The van der Waals surface area contributed by atoms with Gasteiger partial charge in [0.15, 0.2) is 0 Å². The molecule has 2 rings (SSSR count). The lowest BCUT2D eigenvalue weighted by molar-refractivity contribution is 0.454. The third kappa shape index (κ3) is 3.43. The van der Waals surface area contributed by atoms with Crippen LogP contribution >= 0.6 is 0 Å². The summed E-state index contributed by atoms with van der Waals surface area (Å²) in [5.41, 5.74) is 4.17. The van der Waals surface area contributed by atoms with Crippen molar-refractivity contribution < 1.29 is 4.42 Å². The molecule has 0 aliphatic heterocycles. The number of hydrogen-bond donors (Lipinski definition) is 0. The number of aryl methyl sites for hydroxylation is 1. The number of oxazole rings is 1.